The molecule has 4 aromatic heterocycles. The van der Waals surface area contributed by atoms with Crippen LogP contribution in [0.5, 0.6) is 0 Å². The van der Waals surface area contributed by atoms with Gasteiger partial charge >= 0.3 is 0 Å². The summed E-state index contributed by atoms with van der Waals surface area (Å²) in [6, 6.07) is 36.8. The third-order valence-corrected chi connectivity index (χ3v) is 9.55. The summed E-state index contributed by atoms with van der Waals surface area (Å²) in [6.45, 7) is 0. The van der Waals surface area contributed by atoms with Gasteiger partial charge in [0, 0.05) is 48.7 Å². The first-order chi connectivity index (χ1) is 22.5. The molecule has 46 heavy (non-hydrogen) atoms. The summed E-state index contributed by atoms with van der Waals surface area (Å²) >= 11 is 0. The lowest BCUT2D eigenvalue weighted by atomic mass is 9.93. The number of nitrogens with zero attached hydrogens (tertiary/aromatic N) is 2. The lowest BCUT2D eigenvalue weighted by Crippen LogP contribution is -2.17. The zero-order chi connectivity index (χ0) is 30.8. The first-order valence-electron chi connectivity index (χ1n) is 15.0. The van der Waals surface area contributed by atoms with E-state index >= 15 is 0 Å². The van der Waals surface area contributed by atoms with E-state index in [0.29, 0.717) is 81.8 Å². The van der Waals surface area contributed by atoms with E-state index in [9.17, 15) is 19.2 Å². The maximum Gasteiger partial charge on any atom is 0.197 e. The summed E-state index contributed by atoms with van der Waals surface area (Å²) < 4.78 is 4.04. The number of pyridine rings is 4. The topological polar surface area (TPSA) is 77.1 Å². The monoisotopic (exact) mass is 592 g/mol. The molecule has 0 aliphatic rings. The summed E-state index contributed by atoms with van der Waals surface area (Å²) in [5.41, 5.74) is 4.27. The summed E-state index contributed by atoms with van der Waals surface area (Å²) in [5, 5.41) is 3.53. The maximum atomic E-state index is 14.5. The van der Waals surface area contributed by atoms with Crippen molar-refractivity contribution >= 4 is 76.2 Å². The molecule has 0 amide bonds. The molecule has 10 rings (SSSR count). The van der Waals surface area contributed by atoms with E-state index in [-0.39, 0.29) is 21.7 Å². The molecule has 4 heterocycles. The second-order valence-corrected chi connectivity index (χ2v) is 11.8. The Balaban J connectivity index is 1.68. The first-order valence-corrected chi connectivity index (χ1v) is 15.0. The van der Waals surface area contributed by atoms with Gasteiger partial charge in [-0.25, -0.2) is 0 Å². The molecule has 6 nitrogen and oxygen atoms in total. The Hall–Kier alpha value is -6.40. The Morgan fingerprint density at radius 2 is 0.696 bits per heavy atom. The minimum atomic E-state index is -0.253. The fourth-order valence-corrected chi connectivity index (χ4v) is 7.66. The second kappa shape index (κ2) is 8.61. The van der Waals surface area contributed by atoms with Crippen molar-refractivity contribution in [2.45, 2.75) is 0 Å². The molecular weight excluding hydrogens is 572 g/mol. The Bertz CT molecular complexity index is 3020. The number of hydrogen-bond donors (Lipinski definition) is 0. The van der Waals surface area contributed by atoms with Crippen LogP contribution in [0.25, 0.3) is 87.3 Å². The van der Waals surface area contributed by atoms with E-state index in [1.165, 1.54) is 0 Å². The standard InChI is InChI=1S/C40H20N2O4/c43-37-22-12-4-6-18-30(22)41-33-24(37)14-8-16-26(33)39(45)28-20-29-36(32(35(28)41)21-10-2-1-3-11-21)42-31-19-7-5-13-23(31)38(44)25-15-9-17-27(34(25)42)40(29)46/h1-20H. The maximum absolute atomic E-state index is 14.5. The van der Waals surface area contributed by atoms with Crippen LogP contribution in [0, 0.1) is 0 Å². The fraction of sp³-hybridized carbons (Fsp3) is 0. The zero-order valence-corrected chi connectivity index (χ0v) is 24.1. The van der Waals surface area contributed by atoms with Gasteiger partial charge < -0.3 is 8.80 Å². The largest absolute Gasteiger partial charge is 0.307 e. The number of para-hydroxylation sites is 4. The van der Waals surface area contributed by atoms with E-state index in [4.69, 9.17) is 0 Å². The normalized spacial score (nSPS) is 12.3. The highest BCUT2D eigenvalue weighted by Crippen LogP contribution is 2.39. The predicted molar refractivity (Wildman–Crippen MR) is 186 cm³/mol. The van der Waals surface area contributed by atoms with Crippen LogP contribution in [0.2, 0.25) is 0 Å². The van der Waals surface area contributed by atoms with Crippen LogP contribution in [0.1, 0.15) is 0 Å². The van der Waals surface area contributed by atoms with Crippen molar-refractivity contribution in [2.24, 2.45) is 0 Å². The highest BCUT2D eigenvalue weighted by Gasteiger charge is 2.25. The third-order valence-electron chi connectivity index (χ3n) is 9.55. The van der Waals surface area contributed by atoms with E-state index < -0.39 is 0 Å². The van der Waals surface area contributed by atoms with Crippen LogP contribution in [0.15, 0.2) is 141 Å². The van der Waals surface area contributed by atoms with Gasteiger partial charge in [0.1, 0.15) is 0 Å². The van der Waals surface area contributed by atoms with Gasteiger partial charge in [-0.05, 0) is 60.2 Å². The molecule has 0 atom stereocenters. The zero-order valence-electron chi connectivity index (χ0n) is 24.1. The lowest BCUT2D eigenvalue weighted by molar-refractivity contribution is 1.28. The molecule has 214 valence electrons. The van der Waals surface area contributed by atoms with Crippen LogP contribution in [-0.2, 0) is 0 Å². The van der Waals surface area contributed by atoms with Crippen molar-refractivity contribution in [3.63, 3.8) is 0 Å². The molecule has 0 aliphatic carbocycles. The Labute approximate surface area is 257 Å². The molecule has 0 aliphatic heterocycles. The number of fused-ring (bicyclic) bond motifs is 8. The Kier molecular flexibility index (Phi) is 4.68. The number of aromatic nitrogens is 2. The van der Waals surface area contributed by atoms with Crippen molar-refractivity contribution in [3.8, 4) is 11.1 Å². The van der Waals surface area contributed by atoms with Crippen LogP contribution >= 0.6 is 0 Å². The summed E-state index contributed by atoms with van der Waals surface area (Å²) in [6.07, 6.45) is 0. The van der Waals surface area contributed by atoms with Gasteiger partial charge in [-0.3, -0.25) is 19.2 Å². The molecule has 0 spiro atoms. The fourth-order valence-electron chi connectivity index (χ4n) is 7.66. The Morgan fingerprint density at radius 3 is 1.15 bits per heavy atom. The highest BCUT2D eigenvalue weighted by atomic mass is 16.1. The van der Waals surface area contributed by atoms with Crippen molar-refractivity contribution in [1.82, 2.24) is 8.80 Å². The Morgan fingerprint density at radius 1 is 0.326 bits per heavy atom. The summed E-state index contributed by atoms with van der Waals surface area (Å²) in [5.74, 6) is 0. The van der Waals surface area contributed by atoms with Gasteiger partial charge in [0.15, 0.2) is 21.7 Å². The van der Waals surface area contributed by atoms with Crippen molar-refractivity contribution in [1.29, 1.82) is 0 Å². The molecule has 6 aromatic carbocycles. The predicted octanol–water partition coefficient (Wildman–Crippen LogP) is 7.09. The van der Waals surface area contributed by atoms with E-state index in [1.54, 1.807) is 42.5 Å². The summed E-state index contributed by atoms with van der Waals surface area (Å²) in [4.78, 5) is 56.7. The summed E-state index contributed by atoms with van der Waals surface area (Å²) in [7, 11) is 0. The molecule has 0 unspecified atom stereocenters. The van der Waals surface area contributed by atoms with Crippen molar-refractivity contribution in [2.75, 3.05) is 0 Å². The quantitative estimate of drug-likeness (QED) is 0.151. The SMILES string of the molecule is O=c1c2ccccc2n2c3c(-c4ccccc4)c4c(cc3c(=O)c3cccc1c32)c(=O)c1cccc2c(=O)c3ccccc3n4c21. The average Bonchev–Trinajstić information content (AvgIpc) is 3.11. The molecule has 0 saturated heterocycles. The molecule has 10 aromatic rings. The van der Waals surface area contributed by atoms with Crippen molar-refractivity contribution < 1.29 is 0 Å². The minimum Gasteiger partial charge on any atom is -0.307 e. The lowest BCUT2D eigenvalue weighted by Gasteiger charge is -2.21. The average molecular weight is 593 g/mol. The molecular formula is C40H20N2O4. The van der Waals surface area contributed by atoms with Crippen molar-refractivity contribution in [3.05, 3.63) is 162 Å². The van der Waals surface area contributed by atoms with Gasteiger partial charge in [-0.2, -0.15) is 0 Å². The van der Waals surface area contributed by atoms with E-state index in [2.05, 4.69) is 0 Å². The first kappa shape index (κ1) is 25.0. The number of rotatable bonds is 1. The molecule has 6 heteroatoms. The highest BCUT2D eigenvalue weighted by molar-refractivity contribution is 6.19. The van der Waals surface area contributed by atoms with Gasteiger partial charge in [-0.15, -0.1) is 0 Å². The van der Waals surface area contributed by atoms with Gasteiger partial charge in [0.05, 0.1) is 33.1 Å². The van der Waals surface area contributed by atoms with E-state index in [0.717, 1.165) is 5.56 Å². The van der Waals surface area contributed by atoms with Crippen LogP contribution in [-0.4, -0.2) is 8.80 Å². The smallest absolute Gasteiger partial charge is 0.197 e. The number of benzene rings is 6. The van der Waals surface area contributed by atoms with Gasteiger partial charge in [0.25, 0.3) is 0 Å². The minimum absolute atomic E-state index is 0.142. The second-order valence-electron chi connectivity index (χ2n) is 11.8. The molecule has 0 saturated carbocycles. The van der Waals surface area contributed by atoms with Crippen LogP contribution in [0.3, 0.4) is 0 Å². The van der Waals surface area contributed by atoms with Crippen LogP contribution in [0.4, 0.5) is 0 Å². The molecule has 0 radical (unpaired) electrons. The molecule has 0 fully saturated rings. The van der Waals surface area contributed by atoms with Gasteiger partial charge in [0.2, 0.25) is 0 Å². The molecule has 0 N–H and O–H groups in total. The third kappa shape index (κ3) is 2.91. The van der Waals surface area contributed by atoms with E-state index in [1.807, 2.05) is 87.7 Å². The van der Waals surface area contributed by atoms with Gasteiger partial charge in [-0.1, -0.05) is 66.7 Å². The number of hydrogen-bond acceptors (Lipinski definition) is 4. The van der Waals surface area contributed by atoms with Crippen LogP contribution < -0.4 is 21.7 Å². The molecule has 0 bridgehead atoms.